The van der Waals surface area contributed by atoms with Gasteiger partial charge in [0.25, 0.3) is 0 Å². The molecule has 1 rings (SSSR count). The van der Waals surface area contributed by atoms with Crippen LogP contribution < -0.4 is 9.47 Å². The van der Waals surface area contributed by atoms with Crippen molar-refractivity contribution in [3.05, 3.63) is 23.8 Å². The summed E-state index contributed by atoms with van der Waals surface area (Å²) in [6.07, 6.45) is 0. The third-order valence-corrected chi connectivity index (χ3v) is 4.20. The van der Waals surface area contributed by atoms with Crippen molar-refractivity contribution in [3.8, 4) is 11.5 Å². The van der Waals surface area contributed by atoms with Gasteiger partial charge in [-0.05, 0) is 43.9 Å². The Morgan fingerprint density at radius 1 is 1.11 bits per heavy atom. The van der Waals surface area contributed by atoms with Gasteiger partial charge in [0.15, 0.2) is 0 Å². The Morgan fingerprint density at radius 2 is 1.78 bits per heavy atom. The van der Waals surface area contributed by atoms with Crippen molar-refractivity contribution in [1.29, 1.82) is 0 Å². The van der Waals surface area contributed by atoms with Crippen LogP contribution in [0.2, 0.25) is 0 Å². The van der Waals surface area contributed by atoms with E-state index in [1.54, 1.807) is 0 Å². The van der Waals surface area contributed by atoms with Gasteiger partial charge in [0.05, 0.1) is 13.2 Å². The topological polar surface area (TPSA) is 18.5 Å². The number of rotatable bonds is 7. The van der Waals surface area contributed by atoms with Crippen LogP contribution >= 0.6 is 15.9 Å². The van der Waals surface area contributed by atoms with Crippen molar-refractivity contribution >= 4 is 15.9 Å². The Balaban J connectivity index is 3.05. The van der Waals surface area contributed by atoms with Gasteiger partial charge < -0.3 is 9.47 Å². The SMILES string of the molecule is CCOc1ccc(OCC)c(C(C)C(C)CBr)c1. The lowest BCUT2D eigenvalue weighted by Crippen LogP contribution is -2.10. The van der Waals surface area contributed by atoms with E-state index in [1.165, 1.54) is 5.56 Å². The number of halogens is 1. The third-order valence-electron chi connectivity index (χ3n) is 3.18. The smallest absolute Gasteiger partial charge is 0.123 e. The van der Waals surface area contributed by atoms with Crippen LogP contribution in [0, 0.1) is 5.92 Å². The molecule has 0 aliphatic rings. The van der Waals surface area contributed by atoms with Crippen LogP contribution in [-0.2, 0) is 0 Å². The summed E-state index contributed by atoms with van der Waals surface area (Å²) in [5.74, 6) is 2.89. The summed E-state index contributed by atoms with van der Waals surface area (Å²) in [7, 11) is 0. The minimum Gasteiger partial charge on any atom is -0.494 e. The highest BCUT2D eigenvalue weighted by molar-refractivity contribution is 9.09. The highest BCUT2D eigenvalue weighted by Crippen LogP contribution is 2.35. The Labute approximate surface area is 119 Å². The lowest BCUT2D eigenvalue weighted by molar-refractivity contribution is 0.323. The first kappa shape index (κ1) is 15.4. The van der Waals surface area contributed by atoms with Crippen LogP contribution in [-0.4, -0.2) is 18.5 Å². The van der Waals surface area contributed by atoms with Gasteiger partial charge in [-0.3, -0.25) is 0 Å². The molecule has 0 fully saturated rings. The molecule has 0 saturated carbocycles. The summed E-state index contributed by atoms with van der Waals surface area (Å²) in [4.78, 5) is 0. The van der Waals surface area contributed by atoms with Gasteiger partial charge in [-0.25, -0.2) is 0 Å². The summed E-state index contributed by atoms with van der Waals surface area (Å²) in [5, 5.41) is 0.985. The molecule has 2 unspecified atom stereocenters. The van der Waals surface area contributed by atoms with Gasteiger partial charge in [-0.1, -0.05) is 29.8 Å². The minimum atomic E-state index is 0.436. The van der Waals surface area contributed by atoms with Crippen LogP contribution in [0.4, 0.5) is 0 Å². The average molecular weight is 315 g/mol. The molecule has 0 N–H and O–H groups in total. The number of ether oxygens (including phenoxy) is 2. The molecular formula is C15H23BrO2. The number of benzene rings is 1. The van der Waals surface area contributed by atoms with E-state index in [9.17, 15) is 0 Å². The van der Waals surface area contributed by atoms with Crippen LogP contribution in [0.1, 0.15) is 39.2 Å². The van der Waals surface area contributed by atoms with Crippen molar-refractivity contribution in [1.82, 2.24) is 0 Å². The van der Waals surface area contributed by atoms with E-state index in [0.29, 0.717) is 25.0 Å². The molecule has 0 radical (unpaired) electrons. The monoisotopic (exact) mass is 314 g/mol. The van der Waals surface area contributed by atoms with Crippen LogP contribution in [0.5, 0.6) is 11.5 Å². The molecule has 0 amide bonds. The number of alkyl halides is 1. The maximum atomic E-state index is 5.72. The largest absolute Gasteiger partial charge is 0.494 e. The summed E-state index contributed by atoms with van der Waals surface area (Å²) >= 11 is 3.55. The molecule has 0 bridgehead atoms. The molecule has 0 saturated heterocycles. The van der Waals surface area contributed by atoms with Gasteiger partial charge in [0.1, 0.15) is 11.5 Å². The van der Waals surface area contributed by atoms with Crippen molar-refractivity contribution in [3.63, 3.8) is 0 Å². The summed E-state index contributed by atoms with van der Waals surface area (Å²) < 4.78 is 11.3. The van der Waals surface area contributed by atoms with Crippen molar-refractivity contribution in [2.24, 2.45) is 5.92 Å². The molecule has 102 valence electrons. The van der Waals surface area contributed by atoms with Crippen LogP contribution in [0.3, 0.4) is 0 Å². The first-order chi connectivity index (χ1) is 8.63. The molecule has 1 aromatic carbocycles. The molecule has 2 nitrogen and oxygen atoms in total. The molecule has 3 heteroatoms. The fourth-order valence-corrected chi connectivity index (χ4v) is 2.43. The molecule has 18 heavy (non-hydrogen) atoms. The maximum Gasteiger partial charge on any atom is 0.123 e. The molecule has 2 atom stereocenters. The fourth-order valence-electron chi connectivity index (χ4n) is 1.87. The Bertz CT molecular complexity index is 366. The van der Waals surface area contributed by atoms with Crippen LogP contribution in [0.15, 0.2) is 18.2 Å². The predicted octanol–water partition coefficient (Wildman–Crippen LogP) is 4.62. The van der Waals surface area contributed by atoms with Crippen LogP contribution in [0.25, 0.3) is 0 Å². The normalized spacial score (nSPS) is 14.1. The highest BCUT2D eigenvalue weighted by Gasteiger charge is 2.18. The third kappa shape index (κ3) is 3.91. The minimum absolute atomic E-state index is 0.436. The van der Waals surface area contributed by atoms with Crippen molar-refractivity contribution < 1.29 is 9.47 Å². The van der Waals surface area contributed by atoms with E-state index in [2.05, 4.69) is 35.8 Å². The molecular weight excluding hydrogens is 292 g/mol. The zero-order valence-corrected chi connectivity index (χ0v) is 13.3. The van der Waals surface area contributed by atoms with E-state index in [4.69, 9.17) is 9.47 Å². The Kier molecular flexibility index (Phi) is 6.55. The van der Waals surface area contributed by atoms with Gasteiger partial charge in [0.2, 0.25) is 0 Å². The molecule has 0 heterocycles. The first-order valence-electron chi connectivity index (χ1n) is 6.59. The maximum absolute atomic E-state index is 5.72. The fraction of sp³-hybridized carbons (Fsp3) is 0.600. The van der Waals surface area contributed by atoms with E-state index in [0.717, 1.165) is 16.8 Å². The van der Waals surface area contributed by atoms with Crippen molar-refractivity contribution in [2.75, 3.05) is 18.5 Å². The van der Waals surface area contributed by atoms with E-state index < -0.39 is 0 Å². The van der Waals surface area contributed by atoms with Gasteiger partial charge in [0, 0.05) is 10.9 Å². The lowest BCUT2D eigenvalue weighted by Gasteiger charge is -2.22. The average Bonchev–Trinajstić information content (AvgIpc) is 2.39. The van der Waals surface area contributed by atoms with Gasteiger partial charge in [-0.15, -0.1) is 0 Å². The first-order valence-corrected chi connectivity index (χ1v) is 7.71. The Morgan fingerprint density at radius 3 is 2.33 bits per heavy atom. The number of hydrogen-bond donors (Lipinski definition) is 0. The van der Waals surface area contributed by atoms with Gasteiger partial charge >= 0.3 is 0 Å². The summed E-state index contributed by atoms with van der Waals surface area (Å²) in [6.45, 7) is 9.87. The zero-order valence-electron chi connectivity index (χ0n) is 11.7. The molecule has 0 aliphatic carbocycles. The second kappa shape index (κ2) is 7.67. The number of hydrogen-bond acceptors (Lipinski definition) is 2. The predicted molar refractivity (Wildman–Crippen MR) is 80.2 cm³/mol. The molecule has 0 aromatic heterocycles. The van der Waals surface area contributed by atoms with E-state index in [-0.39, 0.29) is 0 Å². The molecule has 0 spiro atoms. The zero-order chi connectivity index (χ0) is 13.5. The quantitative estimate of drug-likeness (QED) is 0.684. The van der Waals surface area contributed by atoms with E-state index >= 15 is 0 Å². The van der Waals surface area contributed by atoms with Gasteiger partial charge in [-0.2, -0.15) is 0 Å². The molecule has 1 aromatic rings. The van der Waals surface area contributed by atoms with E-state index in [1.807, 2.05) is 26.0 Å². The van der Waals surface area contributed by atoms with Crippen molar-refractivity contribution in [2.45, 2.75) is 33.6 Å². The Hall–Kier alpha value is -0.700. The standard InChI is InChI=1S/C15H23BrO2/c1-5-17-13-7-8-15(18-6-2)14(9-13)12(4)11(3)10-16/h7-9,11-12H,5-6,10H2,1-4H3. The molecule has 0 aliphatic heterocycles. The lowest BCUT2D eigenvalue weighted by atomic mass is 9.89. The summed E-state index contributed by atoms with van der Waals surface area (Å²) in [6, 6.07) is 6.10. The second-order valence-electron chi connectivity index (χ2n) is 4.49. The summed E-state index contributed by atoms with van der Waals surface area (Å²) in [5.41, 5.74) is 1.23. The second-order valence-corrected chi connectivity index (χ2v) is 5.13. The highest BCUT2D eigenvalue weighted by atomic mass is 79.9.